The monoisotopic (exact) mass is 331 g/mol. The minimum atomic E-state index is -0.327. The van der Waals surface area contributed by atoms with E-state index < -0.39 is 0 Å². The van der Waals surface area contributed by atoms with E-state index in [1.807, 2.05) is 36.4 Å². The van der Waals surface area contributed by atoms with Crippen molar-refractivity contribution >= 4 is 27.0 Å². The summed E-state index contributed by atoms with van der Waals surface area (Å²) in [6, 6.07) is 16.2. The first-order chi connectivity index (χ1) is 9.65. The molecule has 0 saturated heterocycles. The second kappa shape index (κ2) is 5.29. The zero-order valence-corrected chi connectivity index (χ0v) is 12.6. The Kier molecular flexibility index (Phi) is 3.49. The zero-order chi connectivity index (χ0) is 14.1. The molecular weight excluding hydrogens is 318 g/mol. The van der Waals surface area contributed by atoms with Crippen LogP contribution in [-0.4, -0.2) is 4.57 Å². The molecule has 0 amide bonds. The number of benzene rings is 2. The maximum Gasteiger partial charge on any atom is 0.419 e. The molecule has 1 atom stereocenters. The molecule has 0 aliphatic rings. The number of oxazole rings is 1. The van der Waals surface area contributed by atoms with Crippen LogP contribution in [0.15, 0.2) is 57.7 Å². The van der Waals surface area contributed by atoms with Crippen LogP contribution in [0.25, 0.3) is 11.1 Å². The Morgan fingerprint density at radius 3 is 2.70 bits per heavy atom. The summed E-state index contributed by atoms with van der Waals surface area (Å²) in [7, 11) is 1.71. The summed E-state index contributed by atoms with van der Waals surface area (Å²) in [5.41, 5.74) is 3.82. The number of nitrogens with zero attached hydrogens (tertiary/aromatic N) is 1. The second-order valence-corrected chi connectivity index (χ2v) is 5.92. The van der Waals surface area contributed by atoms with Crippen molar-refractivity contribution in [1.29, 1.82) is 0 Å². The first-order valence-corrected chi connectivity index (χ1v) is 7.34. The first-order valence-electron chi connectivity index (χ1n) is 6.42. The van der Waals surface area contributed by atoms with Crippen molar-refractivity contribution in [3.05, 3.63) is 70.2 Å². The highest BCUT2D eigenvalue weighted by Crippen LogP contribution is 2.29. The van der Waals surface area contributed by atoms with Gasteiger partial charge >= 0.3 is 5.76 Å². The van der Waals surface area contributed by atoms with Gasteiger partial charge in [0.2, 0.25) is 0 Å². The Labute approximate surface area is 125 Å². The molecule has 0 fully saturated rings. The molecule has 0 radical (unpaired) electrons. The molecule has 0 saturated carbocycles. The molecule has 0 aliphatic heterocycles. The van der Waals surface area contributed by atoms with Gasteiger partial charge in [-0.25, -0.2) is 4.79 Å². The number of hydrogen-bond acceptors (Lipinski definition) is 2. The third-order valence-corrected chi connectivity index (χ3v) is 4.29. The van der Waals surface area contributed by atoms with Crippen LogP contribution >= 0.6 is 15.9 Å². The summed E-state index contributed by atoms with van der Waals surface area (Å²) in [5.74, 6) is -0.327. The van der Waals surface area contributed by atoms with Crippen LogP contribution < -0.4 is 5.76 Å². The lowest BCUT2D eigenvalue weighted by molar-refractivity contribution is 0.528. The fourth-order valence-electron chi connectivity index (χ4n) is 2.28. The largest absolute Gasteiger partial charge is 0.419 e. The number of fused-ring (bicyclic) bond motifs is 1. The van der Waals surface area contributed by atoms with Gasteiger partial charge in [-0.2, -0.15) is 0 Å². The Morgan fingerprint density at radius 2 is 1.95 bits per heavy atom. The van der Waals surface area contributed by atoms with Crippen LogP contribution in [0, 0.1) is 0 Å². The highest BCUT2D eigenvalue weighted by molar-refractivity contribution is 9.09. The molecule has 4 heteroatoms. The SMILES string of the molecule is Cn1c(=O)oc2cc(C(Br)Cc3ccccc3)ccc21. The lowest BCUT2D eigenvalue weighted by atomic mass is 10.0. The minimum absolute atomic E-state index is 0.194. The van der Waals surface area contributed by atoms with E-state index in [0.717, 1.165) is 17.5 Å². The molecule has 0 spiro atoms. The molecule has 1 unspecified atom stereocenters. The predicted molar refractivity (Wildman–Crippen MR) is 83.3 cm³/mol. The van der Waals surface area contributed by atoms with Gasteiger partial charge < -0.3 is 4.42 Å². The molecule has 0 bridgehead atoms. The van der Waals surface area contributed by atoms with E-state index in [-0.39, 0.29) is 10.6 Å². The Morgan fingerprint density at radius 1 is 1.20 bits per heavy atom. The molecule has 3 nitrogen and oxygen atoms in total. The second-order valence-electron chi connectivity index (χ2n) is 4.81. The molecule has 2 aromatic carbocycles. The predicted octanol–water partition coefficient (Wildman–Crippen LogP) is 3.81. The molecule has 102 valence electrons. The average molecular weight is 332 g/mol. The normalized spacial score (nSPS) is 12.7. The van der Waals surface area contributed by atoms with Crippen LogP contribution in [0.3, 0.4) is 0 Å². The molecule has 1 aromatic heterocycles. The number of aromatic nitrogens is 1. The first kappa shape index (κ1) is 13.2. The van der Waals surface area contributed by atoms with Gasteiger partial charge in [0.1, 0.15) is 0 Å². The Bertz CT molecular complexity index is 789. The third kappa shape index (κ3) is 2.43. The van der Waals surface area contributed by atoms with Gasteiger partial charge in [-0.1, -0.05) is 52.3 Å². The number of rotatable bonds is 3. The average Bonchev–Trinajstić information content (AvgIpc) is 2.74. The van der Waals surface area contributed by atoms with Crippen molar-refractivity contribution in [2.75, 3.05) is 0 Å². The maximum atomic E-state index is 11.5. The number of hydrogen-bond donors (Lipinski definition) is 0. The van der Waals surface area contributed by atoms with Gasteiger partial charge in [0.15, 0.2) is 5.58 Å². The van der Waals surface area contributed by atoms with E-state index in [9.17, 15) is 4.79 Å². The molecular formula is C16H14BrNO2. The van der Waals surface area contributed by atoms with Crippen LogP contribution in [0.4, 0.5) is 0 Å². The number of halogens is 1. The highest BCUT2D eigenvalue weighted by atomic mass is 79.9. The summed E-state index contributed by atoms with van der Waals surface area (Å²) in [6.45, 7) is 0. The van der Waals surface area contributed by atoms with Crippen molar-refractivity contribution < 1.29 is 4.42 Å². The topological polar surface area (TPSA) is 35.1 Å². The van der Waals surface area contributed by atoms with Crippen molar-refractivity contribution in [2.45, 2.75) is 11.2 Å². The number of aryl methyl sites for hydroxylation is 1. The fraction of sp³-hybridized carbons (Fsp3) is 0.188. The van der Waals surface area contributed by atoms with Gasteiger partial charge in [0.05, 0.1) is 5.52 Å². The molecule has 20 heavy (non-hydrogen) atoms. The van der Waals surface area contributed by atoms with Gasteiger partial charge in [0, 0.05) is 11.9 Å². The van der Waals surface area contributed by atoms with Gasteiger partial charge in [-0.15, -0.1) is 0 Å². The smallest absolute Gasteiger partial charge is 0.408 e. The van der Waals surface area contributed by atoms with Gasteiger partial charge in [-0.05, 0) is 29.7 Å². The quantitative estimate of drug-likeness (QED) is 0.684. The van der Waals surface area contributed by atoms with Crippen LogP contribution in [0.5, 0.6) is 0 Å². The van der Waals surface area contributed by atoms with Gasteiger partial charge in [0.25, 0.3) is 0 Å². The summed E-state index contributed by atoms with van der Waals surface area (Å²) in [4.78, 5) is 11.7. The van der Waals surface area contributed by atoms with Crippen LogP contribution in [0.2, 0.25) is 0 Å². The van der Waals surface area contributed by atoms with Crippen LogP contribution in [0.1, 0.15) is 16.0 Å². The maximum absolute atomic E-state index is 11.5. The summed E-state index contributed by atoms with van der Waals surface area (Å²) < 4.78 is 6.74. The summed E-state index contributed by atoms with van der Waals surface area (Å²) >= 11 is 3.71. The third-order valence-electron chi connectivity index (χ3n) is 3.44. The van der Waals surface area contributed by atoms with Crippen molar-refractivity contribution in [3.8, 4) is 0 Å². The van der Waals surface area contributed by atoms with Crippen molar-refractivity contribution in [1.82, 2.24) is 4.57 Å². The Hall–Kier alpha value is -1.81. The lowest BCUT2D eigenvalue weighted by Gasteiger charge is -2.10. The van der Waals surface area contributed by atoms with E-state index in [4.69, 9.17) is 4.42 Å². The highest BCUT2D eigenvalue weighted by Gasteiger charge is 2.12. The zero-order valence-electron chi connectivity index (χ0n) is 11.0. The molecule has 3 rings (SSSR count). The molecule has 1 heterocycles. The summed E-state index contributed by atoms with van der Waals surface area (Å²) in [6.07, 6.45) is 0.892. The van der Waals surface area contributed by atoms with E-state index in [0.29, 0.717) is 5.58 Å². The summed E-state index contributed by atoms with van der Waals surface area (Å²) in [5, 5.41) is 0. The van der Waals surface area contributed by atoms with Gasteiger partial charge in [-0.3, -0.25) is 4.57 Å². The van der Waals surface area contributed by atoms with E-state index in [2.05, 4.69) is 28.1 Å². The van der Waals surface area contributed by atoms with Crippen LogP contribution in [-0.2, 0) is 13.5 Å². The Balaban J connectivity index is 1.92. The fourth-order valence-corrected chi connectivity index (χ4v) is 2.94. The van der Waals surface area contributed by atoms with Crippen molar-refractivity contribution in [3.63, 3.8) is 0 Å². The molecule has 3 aromatic rings. The lowest BCUT2D eigenvalue weighted by Crippen LogP contribution is -2.08. The van der Waals surface area contributed by atoms with E-state index in [1.165, 1.54) is 10.1 Å². The standard InChI is InChI=1S/C16H14BrNO2/c1-18-14-8-7-12(10-15(14)20-16(18)19)13(17)9-11-5-3-2-4-6-11/h2-8,10,13H,9H2,1H3. The van der Waals surface area contributed by atoms with Crippen molar-refractivity contribution in [2.24, 2.45) is 7.05 Å². The number of alkyl halides is 1. The van der Waals surface area contributed by atoms with E-state index >= 15 is 0 Å². The van der Waals surface area contributed by atoms with E-state index in [1.54, 1.807) is 7.05 Å². The molecule has 0 aliphatic carbocycles. The molecule has 0 N–H and O–H groups in total. The minimum Gasteiger partial charge on any atom is -0.408 e.